The van der Waals surface area contributed by atoms with Gasteiger partial charge in [-0.3, -0.25) is 10.1 Å². The van der Waals surface area contributed by atoms with Crippen LogP contribution in [0, 0.1) is 15.9 Å². The van der Waals surface area contributed by atoms with E-state index in [9.17, 15) is 14.5 Å². The highest BCUT2D eigenvalue weighted by Gasteiger charge is 2.14. The molecule has 0 aliphatic heterocycles. The van der Waals surface area contributed by atoms with Crippen LogP contribution in [0.15, 0.2) is 42.6 Å². The third-order valence-electron chi connectivity index (χ3n) is 3.24. The van der Waals surface area contributed by atoms with Crippen molar-refractivity contribution in [3.05, 3.63) is 64.1 Å². The number of nitro groups is 1. The zero-order valence-corrected chi connectivity index (χ0v) is 11.2. The fourth-order valence-electron chi connectivity index (χ4n) is 1.86. The van der Waals surface area contributed by atoms with Gasteiger partial charge in [0.2, 0.25) is 0 Å². The van der Waals surface area contributed by atoms with Crippen LogP contribution >= 0.6 is 0 Å². The molecule has 0 saturated carbocycles. The molecule has 0 spiro atoms. The molecule has 1 heterocycles. The van der Waals surface area contributed by atoms with E-state index in [1.54, 1.807) is 18.2 Å². The van der Waals surface area contributed by atoms with Crippen molar-refractivity contribution in [2.45, 2.75) is 13.0 Å². The predicted molar refractivity (Wildman–Crippen MR) is 74.1 cm³/mol. The third-order valence-corrected chi connectivity index (χ3v) is 3.24. The van der Waals surface area contributed by atoms with Crippen LogP contribution in [0.3, 0.4) is 0 Å². The summed E-state index contributed by atoms with van der Waals surface area (Å²) in [5.41, 5.74) is 0.894. The summed E-state index contributed by atoms with van der Waals surface area (Å²) in [4.78, 5) is 16.0. The first-order valence-corrected chi connectivity index (χ1v) is 6.08. The molecule has 0 bridgehead atoms. The Hall–Kier alpha value is -2.50. The third kappa shape index (κ3) is 2.90. The van der Waals surface area contributed by atoms with E-state index in [4.69, 9.17) is 0 Å². The number of rotatable bonds is 4. The van der Waals surface area contributed by atoms with Crippen molar-refractivity contribution in [2.75, 3.05) is 11.9 Å². The average Bonchev–Trinajstić information content (AvgIpc) is 2.46. The number of hydrogen-bond donors (Lipinski definition) is 0. The van der Waals surface area contributed by atoms with Gasteiger partial charge in [0.1, 0.15) is 17.8 Å². The van der Waals surface area contributed by atoms with Crippen LogP contribution in [0.4, 0.5) is 15.9 Å². The lowest BCUT2D eigenvalue weighted by molar-refractivity contribution is -0.385. The number of anilines is 1. The summed E-state index contributed by atoms with van der Waals surface area (Å²) in [6.45, 7) is 1.95. The van der Waals surface area contributed by atoms with E-state index >= 15 is 0 Å². The Morgan fingerprint density at radius 3 is 2.40 bits per heavy atom. The lowest BCUT2D eigenvalue weighted by atomic mass is 10.1. The summed E-state index contributed by atoms with van der Waals surface area (Å²) in [5.74, 6) is 0.337. The van der Waals surface area contributed by atoms with E-state index in [1.807, 2.05) is 18.9 Å². The fourth-order valence-corrected chi connectivity index (χ4v) is 1.86. The summed E-state index contributed by atoms with van der Waals surface area (Å²) in [5, 5.41) is 10.6. The highest BCUT2D eigenvalue weighted by molar-refractivity contribution is 5.44. The van der Waals surface area contributed by atoms with Gasteiger partial charge in [0.25, 0.3) is 5.69 Å². The molecule has 1 atom stereocenters. The molecule has 0 aliphatic carbocycles. The topological polar surface area (TPSA) is 59.3 Å². The van der Waals surface area contributed by atoms with Crippen molar-refractivity contribution in [1.29, 1.82) is 0 Å². The van der Waals surface area contributed by atoms with Crippen molar-refractivity contribution in [1.82, 2.24) is 4.98 Å². The number of halogens is 1. The summed E-state index contributed by atoms with van der Waals surface area (Å²) in [7, 11) is 1.84. The first-order valence-electron chi connectivity index (χ1n) is 6.08. The minimum atomic E-state index is -0.486. The van der Waals surface area contributed by atoms with Gasteiger partial charge in [0, 0.05) is 13.1 Å². The lowest BCUT2D eigenvalue weighted by Crippen LogP contribution is -2.22. The van der Waals surface area contributed by atoms with Crippen molar-refractivity contribution in [2.24, 2.45) is 0 Å². The zero-order chi connectivity index (χ0) is 14.7. The van der Waals surface area contributed by atoms with Gasteiger partial charge >= 0.3 is 0 Å². The van der Waals surface area contributed by atoms with Crippen LogP contribution in [-0.2, 0) is 0 Å². The van der Waals surface area contributed by atoms with Crippen molar-refractivity contribution < 1.29 is 9.31 Å². The minimum Gasteiger partial charge on any atom is -0.353 e. The second kappa shape index (κ2) is 5.64. The number of aromatic nitrogens is 1. The Bertz CT molecular complexity index is 599. The maximum absolute atomic E-state index is 12.9. The molecule has 2 rings (SSSR count). The molecule has 1 aromatic heterocycles. The van der Waals surface area contributed by atoms with E-state index in [0.717, 1.165) is 5.56 Å². The largest absolute Gasteiger partial charge is 0.353 e. The smallest absolute Gasteiger partial charge is 0.287 e. The summed E-state index contributed by atoms with van der Waals surface area (Å²) in [6, 6.07) is 9.22. The first kappa shape index (κ1) is 13.9. The molecule has 6 heteroatoms. The van der Waals surface area contributed by atoms with Crippen molar-refractivity contribution in [3.8, 4) is 0 Å². The van der Waals surface area contributed by atoms with Gasteiger partial charge in [-0.25, -0.2) is 9.37 Å². The molecule has 5 nitrogen and oxygen atoms in total. The Labute approximate surface area is 115 Å². The van der Waals surface area contributed by atoms with Gasteiger partial charge in [-0.15, -0.1) is 0 Å². The van der Waals surface area contributed by atoms with Crippen LogP contribution in [0.1, 0.15) is 18.5 Å². The van der Waals surface area contributed by atoms with Crippen LogP contribution in [0.5, 0.6) is 0 Å². The molecule has 0 saturated heterocycles. The predicted octanol–water partition coefficient (Wildman–Crippen LogP) is 3.33. The molecular formula is C14H14FN3O2. The molecule has 20 heavy (non-hydrogen) atoms. The highest BCUT2D eigenvalue weighted by Crippen LogP contribution is 2.24. The average molecular weight is 275 g/mol. The molecule has 1 aromatic carbocycles. The maximum atomic E-state index is 12.9. The lowest BCUT2D eigenvalue weighted by Gasteiger charge is -2.26. The second-order valence-corrected chi connectivity index (χ2v) is 4.47. The fraction of sp³-hybridized carbons (Fsp3) is 0.214. The molecule has 2 aromatic rings. The van der Waals surface area contributed by atoms with Gasteiger partial charge in [0.15, 0.2) is 0 Å². The maximum Gasteiger partial charge on any atom is 0.287 e. The van der Waals surface area contributed by atoms with E-state index < -0.39 is 4.92 Å². The first-order chi connectivity index (χ1) is 9.49. The normalized spacial score (nSPS) is 11.9. The highest BCUT2D eigenvalue weighted by atomic mass is 19.1. The Morgan fingerprint density at radius 2 is 1.90 bits per heavy atom. The standard InChI is InChI=1S/C14H14FN3O2/c1-10(11-3-5-12(15)6-4-11)17(2)14-8-7-13(9-16-14)18(19)20/h3-10H,1-2H3. The van der Waals surface area contributed by atoms with E-state index in [-0.39, 0.29) is 17.5 Å². The number of benzene rings is 1. The van der Waals surface area contributed by atoms with Crippen LogP contribution < -0.4 is 4.90 Å². The van der Waals surface area contributed by atoms with Crippen LogP contribution in [-0.4, -0.2) is 17.0 Å². The van der Waals surface area contributed by atoms with Crippen molar-refractivity contribution >= 4 is 11.5 Å². The van der Waals surface area contributed by atoms with Gasteiger partial charge < -0.3 is 4.90 Å². The number of pyridine rings is 1. The monoisotopic (exact) mass is 275 g/mol. The van der Waals surface area contributed by atoms with E-state index in [1.165, 1.54) is 24.4 Å². The molecule has 0 fully saturated rings. The Kier molecular flexibility index (Phi) is 3.93. The quantitative estimate of drug-likeness (QED) is 0.634. The molecule has 0 N–H and O–H groups in total. The Balaban J connectivity index is 2.19. The number of hydrogen-bond acceptors (Lipinski definition) is 4. The van der Waals surface area contributed by atoms with Gasteiger partial charge in [-0.2, -0.15) is 0 Å². The van der Waals surface area contributed by atoms with E-state index in [2.05, 4.69) is 4.98 Å². The molecule has 0 radical (unpaired) electrons. The minimum absolute atomic E-state index is 0.0236. The molecule has 0 amide bonds. The summed E-state index contributed by atoms with van der Waals surface area (Å²) < 4.78 is 12.9. The molecule has 0 aliphatic rings. The van der Waals surface area contributed by atoms with Gasteiger partial charge in [-0.1, -0.05) is 12.1 Å². The second-order valence-electron chi connectivity index (χ2n) is 4.47. The van der Waals surface area contributed by atoms with Crippen LogP contribution in [0.25, 0.3) is 0 Å². The number of nitrogens with zero attached hydrogens (tertiary/aromatic N) is 3. The van der Waals surface area contributed by atoms with E-state index in [0.29, 0.717) is 5.82 Å². The molecular weight excluding hydrogens is 261 g/mol. The summed E-state index contributed by atoms with van der Waals surface area (Å²) in [6.07, 6.45) is 1.23. The van der Waals surface area contributed by atoms with Gasteiger partial charge in [0.05, 0.1) is 11.0 Å². The zero-order valence-electron chi connectivity index (χ0n) is 11.2. The van der Waals surface area contributed by atoms with Crippen LogP contribution in [0.2, 0.25) is 0 Å². The SMILES string of the molecule is CC(c1ccc(F)cc1)N(C)c1ccc([N+](=O)[O-])cn1. The van der Waals surface area contributed by atoms with Gasteiger partial charge in [-0.05, 0) is 30.7 Å². The molecule has 1 unspecified atom stereocenters. The summed E-state index contributed by atoms with van der Waals surface area (Å²) >= 11 is 0. The molecule has 104 valence electrons. The Morgan fingerprint density at radius 1 is 1.25 bits per heavy atom. The van der Waals surface area contributed by atoms with Crippen molar-refractivity contribution in [3.63, 3.8) is 0 Å².